The van der Waals surface area contributed by atoms with Gasteiger partial charge in [0.2, 0.25) is 0 Å². The highest BCUT2D eigenvalue weighted by atomic mass is 79.9. The van der Waals surface area contributed by atoms with E-state index in [0.29, 0.717) is 21.6 Å². The molecule has 0 amide bonds. The summed E-state index contributed by atoms with van der Waals surface area (Å²) in [6.07, 6.45) is 0.689. The normalized spacial score (nSPS) is 11.7. The van der Waals surface area contributed by atoms with Gasteiger partial charge in [0.05, 0.1) is 0 Å². The van der Waals surface area contributed by atoms with Gasteiger partial charge in [-0.15, -0.1) is 11.3 Å². The summed E-state index contributed by atoms with van der Waals surface area (Å²) in [7, 11) is -3.41. The number of benzene rings is 1. The maximum atomic E-state index is 12.1. The summed E-state index contributed by atoms with van der Waals surface area (Å²) in [4.78, 5) is 0. The number of rotatable bonds is 5. The Morgan fingerprint density at radius 1 is 1.26 bits per heavy atom. The molecule has 102 valence electrons. The first-order valence-corrected chi connectivity index (χ1v) is 8.93. The molecule has 0 aliphatic heterocycles. The van der Waals surface area contributed by atoms with Crippen molar-refractivity contribution < 1.29 is 8.42 Å². The SMILES string of the molecule is Cc1ccccc1CCNS(=O)(=O)c1sccc1Br. The molecule has 6 heteroatoms. The van der Waals surface area contributed by atoms with E-state index in [1.165, 1.54) is 16.9 Å². The first kappa shape index (κ1) is 14.7. The zero-order valence-corrected chi connectivity index (χ0v) is 13.6. The molecule has 0 aliphatic carbocycles. The van der Waals surface area contributed by atoms with Crippen LogP contribution in [0.1, 0.15) is 11.1 Å². The molecule has 0 fully saturated rings. The summed E-state index contributed by atoms with van der Waals surface area (Å²) in [6, 6.07) is 9.73. The van der Waals surface area contributed by atoms with E-state index in [1.807, 2.05) is 31.2 Å². The molecule has 0 unspecified atom stereocenters. The van der Waals surface area contributed by atoms with Crippen molar-refractivity contribution in [1.82, 2.24) is 4.72 Å². The lowest BCUT2D eigenvalue weighted by atomic mass is 10.1. The van der Waals surface area contributed by atoms with Gasteiger partial charge in [-0.3, -0.25) is 0 Å². The summed E-state index contributed by atoms with van der Waals surface area (Å²) in [5.41, 5.74) is 2.34. The van der Waals surface area contributed by atoms with Crippen molar-refractivity contribution in [2.75, 3.05) is 6.54 Å². The Morgan fingerprint density at radius 2 is 2.00 bits per heavy atom. The Balaban J connectivity index is 2.00. The minimum atomic E-state index is -3.41. The summed E-state index contributed by atoms with van der Waals surface area (Å²) in [5.74, 6) is 0. The topological polar surface area (TPSA) is 46.2 Å². The van der Waals surface area contributed by atoms with Crippen LogP contribution in [0.15, 0.2) is 44.4 Å². The van der Waals surface area contributed by atoms with Gasteiger partial charge in [0, 0.05) is 11.0 Å². The van der Waals surface area contributed by atoms with Crippen LogP contribution in [0.25, 0.3) is 0 Å². The largest absolute Gasteiger partial charge is 0.251 e. The maximum Gasteiger partial charge on any atom is 0.251 e. The molecule has 0 aliphatic rings. The molecule has 2 rings (SSSR count). The minimum absolute atomic E-state index is 0.331. The summed E-state index contributed by atoms with van der Waals surface area (Å²) in [5, 5.41) is 1.75. The minimum Gasteiger partial charge on any atom is -0.210 e. The first-order valence-electron chi connectivity index (χ1n) is 5.78. The first-order chi connectivity index (χ1) is 9.00. The van der Waals surface area contributed by atoms with Gasteiger partial charge in [-0.2, -0.15) is 0 Å². The van der Waals surface area contributed by atoms with Gasteiger partial charge in [-0.25, -0.2) is 13.1 Å². The van der Waals surface area contributed by atoms with E-state index in [2.05, 4.69) is 20.7 Å². The number of thiophene rings is 1. The van der Waals surface area contributed by atoms with Gasteiger partial charge in [-0.05, 0) is 51.8 Å². The van der Waals surface area contributed by atoms with Gasteiger partial charge in [0.25, 0.3) is 10.0 Å². The maximum absolute atomic E-state index is 12.1. The number of halogens is 1. The molecule has 0 saturated carbocycles. The van der Waals surface area contributed by atoms with Crippen molar-refractivity contribution in [2.24, 2.45) is 0 Å². The van der Waals surface area contributed by atoms with Crippen LogP contribution >= 0.6 is 27.3 Å². The lowest BCUT2D eigenvalue weighted by molar-refractivity contribution is 0.583. The number of aryl methyl sites for hydroxylation is 1. The Bertz CT molecular complexity index is 665. The molecule has 0 spiro atoms. The number of sulfonamides is 1. The third-order valence-electron chi connectivity index (χ3n) is 2.78. The molecule has 2 aromatic rings. The Hall–Kier alpha value is -0.690. The Morgan fingerprint density at radius 3 is 2.63 bits per heavy atom. The average Bonchev–Trinajstić information content (AvgIpc) is 2.79. The van der Waals surface area contributed by atoms with Crippen LogP contribution in [0.4, 0.5) is 0 Å². The molecule has 1 aromatic heterocycles. The van der Waals surface area contributed by atoms with Crippen LogP contribution in [0, 0.1) is 6.92 Å². The average molecular weight is 360 g/mol. The fourth-order valence-corrected chi connectivity index (χ4v) is 5.16. The molecule has 1 aromatic carbocycles. The molecule has 0 radical (unpaired) electrons. The van der Waals surface area contributed by atoms with Crippen LogP contribution in [0.5, 0.6) is 0 Å². The van der Waals surface area contributed by atoms with Gasteiger partial charge in [-0.1, -0.05) is 24.3 Å². The van der Waals surface area contributed by atoms with Crippen LogP contribution < -0.4 is 4.72 Å². The second-order valence-corrected chi connectivity index (χ2v) is 7.86. The van der Waals surface area contributed by atoms with E-state index >= 15 is 0 Å². The monoisotopic (exact) mass is 359 g/mol. The molecule has 1 N–H and O–H groups in total. The van der Waals surface area contributed by atoms with Crippen molar-refractivity contribution in [1.29, 1.82) is 0 Å². The zero-order valence-electron chi connectivity index (χ0n) is 10.4. The van der Waals surface area contributed by atoms with Gasteiger partial charge >= 0.3 is 0 Å². The quantitative estimate of drug-likeness (QED) is 0.889. The van der Waals surface area contributed by atoms with E-state index in [1.54, 1.807) is 11.4 Å². The highest BCUT2D eigenvalue weighted by molar-refractivity contribution is 9.10. The molecule has 0 atom stereocenters. The molecule has 3 nitrogen and oxygen atoms in total. The van der Waals surface area contributed by atoms with Crippen LogP contribution in [-0.2, 0) is 16.4 Å². The van der Waals surface area contributed by atoms with E-state index in [-0.39, 0.29) is 0 Å². The van der Waals surface area contributed by atoms with Crippen molar-refractivity contribution >= 4 is 37.3 Å². The number of hydrogen-bond acceptors (Lipinski definition) is 3. The van der Waals surface area contributed by atoms with Crippen molar-refractivity contribution in [3.05, 3.63) is 51.3 Å². The molecule has 19 heavy (non-hydrogen) atoms. The number of nitrogens with one attached hydrogen (secondary N) is 1. The van der Waals surface area contributed by atoms with E-state index in [0.717, 1.165) is 5.56 Å². The Labute approximate surface area is 125 Å². The van der Waals surface area contributed by atoms with Gasteiger partial charge < -0.3 is 0 Å². The Kier molecular flexibility index (Phi) is 4.78. The van der Waals surface area contributed by atoms with Crippen molar-refractivity contribution in [2.45, 2.75) is 17.6 Å². The molecule has 0 saturated heterocycles. The standard InChI is InChI=1S/C13H14BrNO2S2/c1-10-4-2-3-5-11(10)6-8-15-19(16,17)13-12(14)7-9-18-13/h2-5,7,9,15H,6,8H2,1H3. The lowest BCUT2D eigenvalue weighted by Crippen LogP contribution is -2.25. The van der Waals surface area contributed by atoms with Crippen LogP contribution in [0.3, 0.4) is 0 Å². The molecule has 0 bridgehead atoms. The summed E-state index contributed by atoms with van der Waals surface area (Å²) >= 11 is 4.45. The molecule has 1 heterocycles. The summed E-state index contributed by atoms with van der Waals surface area (Å²) in [6.45, 7) is 2.43. The lowest BCUT2D eigenvalue weighted by Gasteiger charge is -2.07. The van der Waals surface area contributed by atoms with Crippen LogP contribution in [-0.4, -0.2) is 15.0 Å². The van der Waals surface area contributed by atoms with Crippen LogP contribution in [0.2, 0.25) is 0 Å². The fraction of sp³-hybridized carbons (Fsp3) is 0.231. The predicted molar refractivity (Wildman–Crippen MR) is 82.1 cm³/mol. The fourth-order valence-electron chi connectivity index (χ4n) is 1.75. The van der Waals surface area contributed by atoms with E-state index in [4.69, 9.17) is 0 Å². The van der Waals surface area contributed by atoms with Crippen molar-refractivity contribution in [3.63, 3.8) is 0 Å². The number of hydrogen-bond donors (Lipinski definition) is 1. The zero-order chi connectivity index (χ0) is 13.9. The van der Waals surface area contributed by atoms with Gasteiger partial charge in [0.15, 0.2) is 0 Å². The molecular formula is C13H14BrNO2S2. The van der Waals surface area contributed by atoms with E-state index in [9.17, 15) is 8.42 Å². The van der Waals surface area contributed by atoms with E-state index < -0.39 is 10.0 Å². The highest BCUT2D eigenvalue weighted by Gasteiger charge is 2.18. The third-order valence-corrected chi connectivity index (χ3v) is 6.91. The smallest absolute Gasteiger partial charge is 0.210 e. The summed E-state index contributed by atoms with van der Waals surface area (Å²) < 4.78 is 27.7. The predicted octanol–water partition coefficient (Wildman–Crippen LogP) is 3.34. The second-order valence-electron chi connectivity index (χ2n) is 4.13. The second kappa shape index (κ2) is 6.17. The highest BCUT2D eigenvalue weighted by Crippen LogP contribution is 2.27. The molecular weight excluding hydrogens is 346 g/mol. The van der Waals surface area contributed by atoms with Crippen molar-refractivity contribution in [3.8, 4) is 0 Å². The van der Waals surface area contributed by atoms with Gasteiger partial charge in [0.1, 0.15) is 4.21 Å². The third kappa shape index (κ3) is 3.66.